The molecule has 0 aliphatic heterocycles. The zero-order valence-electron chi connectivity index (χ0n) is 9.97. The fraction of sp³-hybridized carbons (Fsp3) is 0.429. The molecule has 1 atom stereocenters. The zero-order chi connectivity index (χ0) is 12.3. The Labute approximate surface area is 101 Å². The van der Waals surface area contributed by atoms with Gasteiger partial charge in [0, 0.05) is 0 Å². The maximum absolute atomic E-state index is 13.2. The van der Waals surface area contributed by atoms with Gasteiger partial charge < -0.3 is 5.32 Å². The summed E-state index contributed by atoms with van der Waals surface area (Å²) in [4.78, 5) is 0. The Balaban J connectivity index is 2.28. The van der Waals surface area contributed by atoms with Crippen molar-refractivity contribution in [1.29, 1.82) is 0 Å². The molecule has 1 unspecified atom stereocenters. The van der Waals surface area contributed by atoms with Crippen molar-refractivity contribution < 1.29 is 8.78 Å². The fourth-order valence-corrected chi connectivity index (χ4v) is 2.38. The molecule has 1 aliphatic carbocycles. The van der Waals surface area contributed by atoms with Crippen molar-refractivity contribution in [3.8, 4) is 0 Å². The molecule has 1 aromatic carbocycles. The lowest BCUT2D eigenvalue weighted by molar-refractivity contribution is 0.503. The molecule has 0 radical (unpaired) electrons. The summed E-state index contributed by atoms with van der Waals surface area (Å²) in [5.74, 6) is -1.57. The van der Waals surface area contributed by atoms with Crippen molar-refractivity contribution in [1.82, 2.24) is 5.32 Å². The van der Waals surface area contributed by atoms with Gasteiger partial charge in [-0.05, 0) is 50.4 Å². The quantitative estimate of drug-likeness (QED) is 0.790. The second-order valence-corrected chi connectivity index (χ2v) is 4.42. The van der Waals surface area contributed by atoms with E-state index in [9.17, 15) is 8.78 Å². The van der Waals surface area contributed by atoms with Crippen molar-refractivity contribution in [3.05, 3.63) is 47.0 Å². The second kappa shape index (κ2) is 5.41. The normalized spacial score (nSPS) is 17.7. The highest BCUT2D eigenvalue weighted by atomic mass is 19.2. The van der Waals surface area contributed by atoms with Gasteiger partial charge in [-0.2, -0.15) is 0 Å². The van der Waals surface area contributed by atoms with E-state index in [1.54, 1.807) is 6.07 Å². The van der Waals surface area contributed by atoms with E-state index in [1.807, 2.05) is 7.05 Å². The van der Waals surface area contributed by atoms with E-state index >= 15 is 0 Å². The average molecular weight is 237 g/mol. The van der Waals surface area contributed by atoms with Gasteiger partial charge in [0.15, 0.2) is 11.6 Å². The third-order valence-corrected chi connectivity index (χ3v) is 3.26. The minimum atomic E-state index is -0.791. The van der Waals surface area contributed by atoms with Crippen LogP contribution in [0.15, 0.2) is 29.8 Å². The van der Waals surface area contributed by atoms with Crippen LogP contribution in [0.1, 0.15) is 37.3 Å². The van der Waals surface area contributed by atoms with Crippen molar-refractivity contribution >= 4 is 0 Å². The van der Waals surface area contributed by atoms with Crippen LogP contribution in [0.25, 0.3) is 0 Å². The Morgan fingerprint density at radius 2 is 2.00 bits per heavy atom. The van der Waals surface area contributed by atoms with Gasteiger partial charge in [-0.15, -0.1) is 0 Å². The molecule has 0 fully saturated rings. The summed E-state index contributed by atoms with van der Waals surface area (Å²) >= 11 is 0. The first-order valence-corrected chi connectivity index (χ1v) is 6.03. The van der Waals surface area contributed by atoms with Gasteiger partial charge in [0.05, 0.1) is 6.04 Å². The minimum Gasteiger partial charge on any atom is -0.310 e. The molecule has 0 saturated carbocycles. The lowest BCUT2D eigenvalue weighted by atomic mass is 9.90. The van der Waals surface area contributed by atoms with Crippen molar-refractivity contribution in [2.24, 2.45) is 0 Å². The molecule has 0 amide bonds. The molecule has 0 bridgehead atoms. The first-order valence-electron chi connectivity index (χ1n) is 6.03. The largest absolute Gasteiger partial charge is 0.310 e. The van der Waals surface area contributed by atoms with Crippen LogP contribution in [0.5, 0.6) is 0 Å². The molecular weight excluding hydrogens is 220 g/mol. The number of hydrogen-bond acceptors (Lipinski definition) is 1. The number of rotatable bonds is 3. The molecule has 92 valence electrons. The summed E-state index contributed by atoms with van der Waals surface area (Å²) in [7, 11) is 1.85. The van der Waals surface area contributed by atoms with Gasteiger partial charge >= 0.3 is 0 Å². The van der Waals surface area contributed by atoms with Crippen molar-refractivity contribution in [2.75, 3.05) is 7.05 Å². The average Bonchev–Trinajstić information content (AvgIpc) is 2.36. The Hall–Kier alpha value is -1.22. The first-order chi connectivity index (χ1) is 8.22. The van der Waals surface area contributed by atoms with Crippen LogP contribution < -0.4 is 5.32 Å². The highest BCUT2D eigenvalue weighted by Gasteiger charge is 2.17. The smallest absolute Gasteiger partial charge is 0.159 e. The van der Waals surface area contributed by atoms with Crippen molar-refractivity contribution in [3.63, 3.8) is 0 Å². The monoisotopic (exact) mass is 237 g/mol. The Morgan fingerprint density at radius 1 is 1.18 bits per heavy atom. The summed E-state index contributed by atoms with van der Waals surface area (Å²) in [6, 6.07) is 4.13. The van der Waals surface area contributed by atoms with Crippen LogP contribution in [0.2, 0.25) is 0 Å². The van der Waals surface area contributed by atoms with Crippen molar-refractivity contribution in [2.45, 2.75) is 31.7 Å². The summed E-state index contributed by atoms with van der Waals surface area (Å²) < 4.78 is 26.1. The van der Waals surface area contributed by atoms with E-state index in [4.69, 9.17) is 0 Å². The molecule has 1 aromatic rings. The van der Waals surface area contributed by atoms with Gasteiger partial charge in [-0.25, -0.2) is 8.78 Å². The Morgan fingerprint density at radius 3 is 2.59 bits per heavy atom. The molecule has 17 heavy (non-hydrogen) atoms. The minimum absolute atomic E-state index is 0.00500. The van der Waals surface area contributed by atoms with Gasteiger partial charge in [0.25, 0.3) is 0 Å². The Kier molecular flexibility index (Phi) is 3.89. The summed E-state index contributed by atoms with van der Waals surface area (Å²) in [5, 5.41) is 3.18. The molecule has 0 saturated heterocycles. The number of likely N-dealkylation sites (N-methyl/N-ethyl adjacent to an activating group) is 1. The van der Waals surface area contributed by atoms with Crippen LogP contribution in [0.3, 0.4) is 0 Å². The van der Waals surface area contributed by atoms with Crippen LogP contribution in [0.4, 0.5) is 8.78 Å². The van der Waals surface area contributed by atoms with Crippen LogP contribution in [0, 0.1) is 11.6 Å². The topological polar surface area (TPSA) is 12.0 Å². The number of halogens is 2. The molecule has 1 nitrogen and oxygen atoms in total. The molecule has 3 heteroatoms. The highest BCUT2D eigenvalue weighted by Crippen LogP contribution is 2.30. The van der Waals surface area contributed by atoms with Crippen LogP contribution >= 0.6 is 0 Å². The highest BCUT2D eigenvalue weighted by molar-refractivity contribution is 5.29. The van der Waals surface area contributed by atoms with Gasteiger partial charge in [0.1, 0.15) is 0 Å². The first kappa shape index (κ1) is 12.2. The molecule has 1 N–H and O–H groups in total. The molecule has 0 heterocycles. The van der Waals surface area contributed by atoms with Gasteiger partial charge in [-0.1, -0.05) is 17.7 Å². The number of hydrogen-bond donors (Lipinski definition) is 1. The summed E-state index contributed by atoms with van der Waals surface area (Å²) in [6.45, 7) is 0. The number of benzene rings is 1. The lowest BCUT2D eigenvalue weighted by Crippen LogP contribution is -2.20. The van der Waals surface area contributed by atoms with Crippen LogP contribution in [-0.4, -0.2) is 7.05 Å². The standard InChI is InChI=1S/C14H17F2N/c1-17-14(10-5-3-2-4-6-10)11-7-8-12(15)13(16)9-11/h5,7-9,14,17H,2-4,6H2,1H3. The molecule has 2 rings (SSSR count). The summed E-state index contributed by atoms with van der Waals surface area (Å²) in [6.07, 6.45) is 6.72. The van der Waals surface area contributed by atoms with E-state index in [0.29, 0.717) is 0 Å². The van der Waals surface area contributed by atoms with Crippen LogP contribution in [-0.2, 0) is 0 Å². The van der Waals surface area contributed by atoms with E-state index in [0.717, 1.165) is 18.4 Å². The molecule has 0 spiro atoms. The predicted octanol–water partition coefficient (Wildman–Crippen LogP) is 3.73. The van der Waals surface area contributed by atoms with E-state index < -0.39 is 11.6 Å². The van der Waals surface area contributed by atoms with E-state index in [-0.39, 0.29) is 6.04 Å². The SMILES string of the molecule is CNC(C1=CCCCC1)c1ccc(F)c(F)c1. The molecule has 1 aliphatic rings. The lowest BCUT2D eigenvalue weighted by Gasteiger charge is -2.23. The van der Waals surface area contributed by atoms with E-state index in [2.05, 4.69) is 11.4 Å². The zero-order valence-corrected chi connectivity index (χ0v) is 9.97. The fourth-order valence-electron chi connectivity index (χ4n) is 2.38. The molecular formula is C14H17F2N. The predicted molar refractivity (Wildman–Crippen MR) is 64.7 cm³/mol. The van der Waals surface area contributed by atoms with Gasteiger partial charge in [0.2, 0.25) is 0 Å². The second-order valence-electron chi connectivity index (χ2n) is 4.42. The molecule has 0 aromatic heterocycles. The third kappa shape index (κ3) is 2.72. The number of nitrogens with one attached hydrogen (secondary N) is 1. The summed E-state index contributed by atoms with van der Waals surface area (Å²) in [5.41, 5.74) is 2.07. The van der Waals surface area contributed by atoms with Gasteiger partial charge in [-0.3, -0.25) is 0 Å². The Bertz CT molecular complexity index is 426. The maximum Gasteiger partial charge on any atom is 0.159 e. The maximum atomic E-state index is 13.2. The third-order valence-electron chi connectivity index (χ3n) is 3.26. The van der Waals surface area contributed by atoms with E-state index in [1.165, 1.54) is 30.5 Å². The number of allylic oxidation sites excluding steroid dienone is 1.